The Bertz CT molecular complexity index is 319. The van der Waals surface area contributed by atoms with Crippen molar-refractivity contribution in [2.24, 2.45) is 0 Å². The van der Waals surface area contributed by atoms with Crippen LogP contribution in [0.1, 0.15) is 44.3 Å². The van der Waals surface area contributed by atoms with E-state index in [4.69, 9.17) is 9.26 Å². The Labute approximate surface area is 94.8 Å². The fraction of sp³-hybridized carbons (Fsp3) is 0.818. The third kappa shape index (κ3) is 3.02. The van der Waals surface area contributed by atoms with Crippen LogP contribution in [-0.2, 0) is 17.8 Å². The number of aliphatic hydroxyl groups excluding tert-OH is 1. The lowest BCUT2D eigenvalue weighted by Crippen LogP contribution is -2.24. The molecule has 0 bridgehead atoms. The van der Waals surface area contributed by atoms with Crippen LogP contribution in [0.5, 0.6) is 0 Å². The fourth-order valence-electron chi connectivity index (χ4n) is 1.89. The van der Waals surface area contributed by atoms with Gasteiger partial charge in [-0.3, -0.25) is 0 Å². The number of hydrogen-bond acceptors (Lipinski definition) is 5. The molecule has 5 heteroatoms. The van der Waals surface area contributed by atoms with Crippen molar-refractivity contribution in [3.8, 4) is 0 Å². The Kier molecular flexibility index (Phi) is 3.90. The molecule has 2 rings (SSSR count). The van der Waals surface area contributed by atoms with E-state index in [0.717, 1.165) is 37.9 Å². The van der Waals surface area contributed by atoms with Crippen molar-refractivity contribution in [1.82, 2.24) is 10.1 Å². The molecule has 1 aliphatic carbocycles. The van der Waals surface area contributed by atoms with E-state index in [1.807, 2.05) is 6.92 Å². The van der Waals surface area contributed by atoms with Crippen LogP contribution in [0.25, 0.3) is 0 Å². The van der Waals surface area contributed by atoms with Gasteiger partial charge in [-0.05, 0) is 25.7 Å². The molecule has 0 aromatic carbocycles. The number of ether oxygens (including phenoxy) is 1. The highest BCUT2D eigenvalue weighted by molar-refractivity contribution is 4.84. The van der Waals surface area contributed by atoms with E-state index in [1.165, 1.54) is 0 Å². The average Bonchev–Trinajstić information content (AvgIpc) is 2.76. The maximum absolute atomic E-state index is 9.35. The minimum absolute atomic E-state index is 0.144. The second-order valence-electron chi connectivity index (χ2n) is 4.20. The van der Waals surface area contributed by atoms with Gasteiger partial charge in [-0.1, -0.05) is 12.1 Å². The molecule has 1 N–H and O–H groups in total. The molecule has 1 aromatic rings. The van der Waals surface area contributed by atoms with Crippen molar-refractivity contribution >= 4 is 0 Å². The molecule has 0 amide bonds. The first kappa shape index (κ1) is 11.5. The lowest BCUT2D eigenvalue weighted by molar-refractivity contribution is -0.0203. The predicted molar refractivity (Wildman–Crippen MR) is 56.7 cm³/mol. The molecule has 1 aromatic heterocycles. The number of nitrogens with zero attached hydrogens (tertiary/aromatic N) is 2. The summed E-state index contributed by atoms with van der Waals surface area (Å²) in [6.07, 6.45) is 4.34. The van der Waals surface area contributed by atoms with Crippen molar-refractivity contribution in [2.75, 3.05) is 0 Å². The standard InChI is InChI=1S/C11H18N2O3/c1-2-10-12-11(16-13-10)7-15-9-5-3-8(14)4-6-9/h8-9,14H,2-7H2,1H3. The molecule has 5 nitrogen and oxygen atoms in total. The third-order valence-corrected chi connectivity index (χ3v) is 2.91. The van der Waals surface area contributed by atoms with Crippen LogP contribution in [0.4, 0.5) is 0 Å². The largest absolute Gasteiger partial charge is 0.393 e. The molecule has 0 spiro atoms. The Morgan fingerprint density at radius 1 is 1.38 bits per heavy atom. The first-order valence-corrected chi connectivity index (χ1v) is 5.89. The summed E-state index contributed by atoms with van der Waals surface area (Å²) in [6.45, 7) is 2.37. The molecule has 1 saturated carbocycles. The van der Waals surface area contributed by atoms with Crippen LogP contribution < -0.4 is 0 Å². The van der Waals surface area contributed by atoms with Gasteiger partial charge in [0.05, 0.1) is 12.2 Å². The molecule has 0 aliphatic heterocycles. The topological polar surface area (TPSA) is 68.4 Å². The van der Waals surface area contributed by atoms with Gasteiger partial charge in [0.15, 0.2) is 5.82 Å². The molecule has 90 valence electrons. The number of rotatable bonds is 4. The molecular weight excluding hydrogens is 208 g/mol. The zero-order chi connectivity index (χ0) is 11.4. The summed E-state index contributed by atoms with van der Waals surface area (Å²) in [5.74, 6) is 1.26. The van der Waals surface area contributed by atoms with E-state index < -0.39 is 0 Å². The Morgan fingerprint density at radius 2 is 2.12 bits per heavy atom. The lowest BCUT2D eigenvalue weighted by Gasteiger charge is -2.24. The number of aromatic nitrogens is 2. The highest BCUT2D eigenvalue weighted by Gasteiger charge is 2.20. The molecule has 16 heavy (non-hydrogen) atoms. The smallest absolute Gasteiger partial charge is 0.252 e. The number of hydrogen-bond donors (Lipinski definition) is 1. The quantitative estimate of drug-likeness (QED) is 0.841. The molecule has 1 fully saturated rings. The summed E-state index contributed by atoms with van der Waals surface area (Å²) in [5, 5.41) is 13.2. The second-order valence-corrected chi connectivity index (χ2v) is 4.20. The lowest BCUT2D eigenvalue weighted by atomic mass is 9.95. The minimum atomic E-state index is -0.144. The zero-order valence-electron chi connectivity index (χ0n) is 9.56. The first-order valence-electron chi connectivity index (χ1n) is 5.89. The van der Waals surface area contributed by atoms with Crippen molar-refractivity contribution in [3.05, 3.63) is 11.7 Å². The maximum atomic E-state index is 9.35. The van der Waals surface area contributed by atoms with Gasteiger partial charge < -0.3 is 14.4 Å². The van der Waals surface area contributed by atoms with E-state index >= 15 is 0 Å². The predicted octanol–water partition coefficient (Wildman–Crippen LogP) is 1.45. The van der Waals surface area contributed by atoms with Crippen molar-refractivity contribution < 1.29 is 14.4 Å². The van der Waals surface area contributed by atoms with E-state index in [1.54, 1.807) is 0 Å². The summed E-state index contributed by atoms with van der Waals surface area (Å²) in [5.41, 5.74) is 0. The Morgan fingerprint density at radius 3 is 2.75 bits per heavy atom. The van der Waals surface area contributed by atoms with Crippen LogP contribution >= 0.6 is 0 Å². The van der Waals surface area contributed by atoms with Gasteiger partial charge in [0.2, 0.25) is 0 Å². The fourth-order valence-corrected chi connectivity index (χ4v) is 1.89. The van der Waals surface area contributed by atoms with E-state index in [9.17, 15) is 5.11 Å². The minimum Gasteiger partial charge on any atom is -0.393 e. The van der Waals surface area contributed by atoms with Crippen molar-refractivity contribution in [2.45, 2.75) is 57.8 Å². The summed E-state index contributed by atoms with van der Waals surface area (Å²) >= 11 is 0. The first-order chi connectivity index (χ1) is 7.78. The van der Waals surface area contributed by atoms with Crippen LogP contribution in [0.15, 0.2) is 4.52 Å². The second kappa shape index (κ2) is 5.41. The van der Waals surface area contributed by atoms with E-state index in [2.05, 4.69) is 10.1 Å². The summed E-state index contributed by atoms with van der Waals surface area (Å²) in [6, 6.07) is 0. The summed E-state index contributed by atoms with van der Waals surface area (Å²) in [4.78, 5) is 4.18. The van der Waals surface area contributed by atoms with Gasteiger partial charge in [0.1, 0.15) is 6.61 Å². The van der Waals surface area contributed by atoms with Crippen LogP contribution in [-0.4, -0.2) is 27.5 Å². The van der Waals surface area contributed by atoms with Crippen LogP contribution in [0, 0.1) is 0 Å². The molecule has 0 unspecified atom stereocenters. The Hall–Kier alpha value is -0.940. The van der Waals surface area contributed by atoms with Gasteiger partial charge in [0.25, 0.3) is 5.89 Å². The van der Waals surface area contributed by atoms with E-state index in [0.29, 0.717) is 12.5 Å². The van der Waals surface area contributed by atoms with Gasteiger partial charge in [0, 0.05) is 6.42 Å². The van der Waals surface area contributed by atoms with Gasteiger partial charge in [-0.15, -0.1) is 0 Å². The number of aryl methyl sites for hydroxylation is 1. The average molecular weight is 226 g/mol. The molecule has 1 aliphatic rings. The highest BCUT2D eigenvalue weighted by Crippen LogP contribution is 2.21. The van der Waals surface area contributed by atoms with Gasteiger partial charge >= 0.3 is 0 Å². The highest BCUT2D eigenvalue weighted by atomic mass is 16.5. The molecule has 1 heterocycles. The summed E-state index contributed by atoms with van der Waals surface area (Å²) < 4.78 is 10.7. The van der Waals surface area contributed by atoms with Gasteiger partial charge in [-0.2, -0.15) is 4.98 Å². The third-order valence-electron chi connectivity index (χ3n) is 2.91. The monoisotopic (exact) mass is 226 g/mol. The summed E-state index contributed by atoms with van der Waals surface area (Å²) in [7, 11) is 0. The normalized spacial score (nSPS) is 25.9. The maximum Gasteiger partial charge on any atom is 0.252 e. The Balaban J connectivity index is 1.74. The zero-order valence-corrected chi connectivity index (χ0v) is 9.56. The van der Waals surface area contributed by atoms with Crippen molar-refractivity contribution in [3.63, 3.8) is 0 Å². The van der Waals surface area contributed by atoms with Gasteiger partial charge in [-0.25, -0.2) is 0 Å². The van der Waals surface area contributed by atoms with Crippen LogP contribution in [0.3, 0.4) is 0 Å². The van der Waals surface area contributed by atoms with E-state index in [-0.39, 0.29) is 12.2 Å². The molecular formula is C11H18N2O3. The molecule has 0 saturated heterocycles. The molecule has 0 radical (unpaired) electrons. The number of aliphatic hydroxyl groups is 1. The van der Waals surface area contributed by atoms with Crippen LogP contribution in [0.2, 0.25) is 0 Å². The molecule has 0 atom stereocenters. The van der Waals surface area contributed by atoms with Crippen molar-refractivity contribution in [1.29, 1.82) is 0 Å². The SMILES string of the molecule is CCc1noc(COC2CCC(O)CC2)n1.